The largest absolute Gasteiger partial charge is 0.341 e. The van der Waals surface area contributed by atoms with Crippen molar-refractivity contribution in [2.24, 2.45) is 5.41 Å². The highest BCUT2D eigenvalue weighted by Gasteiger charge is 2.34. The molecule has 0 aromatic heterocycles. The highest BCUT2D eigenvalue weighted by Crippen LogP contribution is 2.31. The molecular formula is C17H24N2O. The van der Waals surface area contributed by atoms with Crippen LogP contribution in [-0.4, -0.2) is 30.4 Å². The Morgan fingerprint density at radius 2 is 2.15 bits per heavy atom. The second kappa shape index (κ2) is 5.21. The number of carbonyl (C=O) groups is 1. The average Bonchev–Trinajstić information content (AvgIpc) is 2.45. The van der Waals surface area contributed by atoms with E-state index in [4.69, 9.17) is 0 Å². The molecule has 1 atom stereocenters. The molecule has 3 nitrogen and oxygen atoms in total. The van der Waals surface area contributed by atoms with E-state index in [9.17, 15) is 4.79 Å². The van der Waals surface area contributed by atoms with Gasteiger partial charge in [-0.1, -0.05) is 38.1 Å². The van der Waals surface area contributed by atoms with Crippen LogP contribution < -0.4 is 5.32 Å². The predicted molar refractivity (Wildman–Crippen MR) is 80.5 cm³/mol. The first-order valence-electron chi connectivity index (χ1n) is 7.67. The number of rotatable bonds is 1. The molecule has 20 heavy (non-hydrogen) atoms. The van der Waals surface area contributed by atoms with E-state index in [1.807, 2.05) is 6.07 Å². The third kappa shape index (κ3) is 2.59. The summed E-state index contributed by atoms with van der Waals surface area (Å²) in [5.74, 6) is 0.255. The number of nitrogens with one attached hydrogen (secondary N) is 1. The van der Waals surface area contributed by atoms with E-state index in [2.05, 4.69) is 42.3 Å². The minimum atomic E-state index is -0.145. The Kier molecular flexibility index (Phi) is 3.55. The highest BCUT2D eigenvalue weighted by molar-refractivity contribution is 5.84. The zero-order valence-electron chi connectivity index (χ0n) is 12.5. The van der Waals surface area contributed by atoms with E-state index >= 15 is 0 Å². The van der Waals surface area contributed by atoms with E-state index < -0.39 is 0 Å². The molecule has 0 aliphatic carbocycles. The first-order valence-corrected chi connectivity index (χ1v) is 7.67. The van der Waals surface area contributed by atoms with E-state index in [-0.39, 0.29) is 17.4 Å². The third-order valence-electron chi connectivity index (χ3n) is 4.57. The Morgan fingerprint density at radius 3 is 2.95 bits per heavy atom. The molecule has 3 heteroatoms. The predicted octanol–water partition coefficient (Wildman–Crippen LogP) is 2.52. The Labute approximate surface area is 121 Å². The van der Waals surface area contributed by atoms with Crippen molar-refractivity contribution in [2.45, 2.75) is 39.2 Å². The number of piperidine rings is 1. The summed E-state index contributed by atoms with van der Waals surface area (Å²) in [6, 6.07) is 8.20. The van der Waals surface area contributed by atoms with Crippen LogP contribution in [0.25, 0.3) is 0 Å². The van der Waals surface area contributed by atoms with Crippen molar-refractivity contribution >= 4 is 5.91 Å². The maximum atomic E-state index is 12.9. The monoisotopic (exact) mass is 272 g/mol. The Morgan fingerprint density at radius 1 is 1.35 bits per heavy atom. The summed E-state index contributed by atoms with van der Waals surface area (Å²) in [6.45, 7) is 7.20. The second-order valence-electron chi connectivity index (χ2n) is 6.86. The molecule has 1 unspecified atom stereocenters. The second-order valence-corrected chi connectivity index (χ2v) is 6.86. The van der Waals surface area contributed by atoms with E-state index in [0.29, 0.717) is 0 Å². The molecule has 1 N–H and O–H groups in total. The number of hydrogen-bond donors (Lipinski definition) is 1. The van der Waals surface area contributed by atoms with Gasteiger partial charge in [-0.3, -0.25) is 4.79 Å². The van der Waals surface area contributed by atoms with Crippen LogP contribution in [0.15, 0.2) is 24.3 Å². The number of fused-ring (bicyclic) bond motifs is 1. The van der Waals surface area contributed by atoms with Crippen LogP contribution in [0.1, 0.15) is 43.9 Å². The zero-order chi connectivity index (χ0) is 14.2. The minimum Gasteiger partial charge on any atom is -0.341 e. The van der Waals surface area contributed by atoms with Gasteiger partial charge in [-0.15, -0.1) is 0 Å². The van der Waals surface area contributed by atoms with Crippen LogP contribution in [-0.2, 0) is 11.2 Å². The summed E-state index contributed by atoms with van der Waals surface area (Å²) in [7, 11) is 0. The van der Waals surface area contributed by atoms with Gasteiger partial charge in [0.05, 0.1) is 0 Å². The lowest BCUT2D eigenvalue weighted by Gasteiger charge is -2.40. The molecule has 108 valence electrons. The standard InChI is InChI=1S/C17H24N2O/c1-17(2)9-5-11-19(12-17)16(20)15-14-7-4-3-6-13(14)8-10-18-15/h3-4,6-7,15,18H,5,8-12H2,1-2H3. The van der Waals surface area contributed by atoms with Gasteiger partial charge in [-0.2, -0.15) is 0 Å². The molecule has 0 bridgehead atoms. The minimum absolute atomic E-state index is 0.145. The highest BCUT2D eigenvalue weighted by atomic mass is 16.2. The van der Waals surface area contributed by atoms with E-state index in [0.717, 1.165) is 32.5 Å². The lowest BCUT2D eigenvalue weighted by atomic mass is 9.83. The Hall–Kier alpha value is -1.35. The van der Waals surface area contributed by atoms with Gasteiger partial charge in [-0.05, 0) is 35.8 Å². The van der Waals surface area contributed by atoms with Crippen molar-refractivity contribution in [3.8, 4) is 0 Å². The number of hydrogen-bond acceptors (Lipinski definition) is 2. The van der Waals surface area contributed by atoms with Crippen LogP contribution in [0, 0.1) is 5.41 Å². The van der Waals surface area contributed by atoms with Crippen LogP contribution in [0.2, 0.25) is 0 Å². The van der Waals surface area contributed by atoms with Crippen LogP contribution in [0.3, 0.4) is 0 Å². The molecule has 1 saturated heterocycles. The summed E-state index contributed by atoms with van der Waals surface area (Å²) < 4.78 is 0. The zero-order valence-corrected chi connectivity index (χ0v) is 12.5. The number of carbonyl (C=O) groups excluding carboxylic acids is 1. The molecule has 0 saturated carbocycles. The quantitative estimate of drug-likeness (QED) is 0.852. The van der Waals surface area contributed by atoms with Crippen molar-refractivity contribution in [1.29, 1.82) is 0 Å². The van der Waals surface area contributed by atoms with Crippen LogP contribution in [0.4, 0.5) is 0 Å². The smallest absolute Gasteiger partial charge is 0.244 e. The molecule has 3 rings (SSSR count). The summed E-state index contributed by atoms with van der Waals surface area (Å²) >= 11 is 0. The van der Waals surface area contributed by atoms with Gasteiger partial charge >= 0.3 is 0 Å². The molecule has 0 radical (unpaired) electrons. The summed E-state index contributed by atoms with van der Waals surface area (Å²) in [6.07, 6.45) is 3.35. The van der Waals surface area contributed by atoms with Gasteiger partial charge in [0.25, 0.3) is 0 Å². The van der Waals surface area contributed by atoms with Gasteiger partial charge < -0.3 is 10.2 Å². The molecule has 1 fully saturated rings. The number of nitrogens with zero attached hydrogens (tertiary/aromatic N) is 1. The van der Waals surface area contributed by atoms with Gasteiger partial charge in [0.15, 0.2) is 0 Å². The van der Waals surface area contributed by atoms with Gasteiger partial charge in [0.2, 0.25) is 5.91 Å². The van der Waals surface area contributed by atoms with E-state index in [1.54, 1.807) is 0 Å². The van der Waals surface area contributed by atoms with Crippen molar-refractivity contribution in [3.63, 3.8) is 0 Å². The van der Waals surface area contributed by atoms with Gasteiger partial charge in [0, 0.05) is 19.6 Å². The van der Waals surface area contributed by atoms with Crippen molar-refractivity contribution < 1.29 is 4.79 Å². The fraction of sp³-hybridized carbons (Fsp3) is 0.588. The molecule has 1 amide bonds. The summed E-state index contributed by atoms with van der Waals surface area (Å²) in [4.78, 5) is 14.9. The van der Waals surface area contributed by atoms with E-state index in [1.165, 1.54) is 17.5 Å². The van der Waals surface area contributed by atoms with Crippen LogP contribution in [0.5, 0.6) is 0 Å². The average molecular weight is 272 g/mol. The van der Waals surface area contributed by atoms with Crippen molar-refractivity contribution in [2.75, 3.05) is 19.6 Å². The summed E-state index contributed by atoms with van der Waals surface area (Å²) in [5.41, 5.74) is 2.75. The molecule has 2 aliphatic heterocycles. The Bertz CT molecular complexity index is 509. The fourth-order valence-corrected chi connectivity index (χ4v) is 3.52. The van der Waals surface area contributed by atoms with Gasteiger partial charge in [0.1, 0.15) is 6.04 Å². The molecule has 1 aromatic carbocycles. The molecule has 2 aliphatic rings. The SMILES string of the molecule is CC1(C)CCCN(C(=O)C2NCCc3ccccc32)C1. The van der Waals surface area contributed by atoms with Crippen molar-refractivity contribution in [1.82, 2.24) is 10.2 Å². The lowest BCUT2D eigenvalue weighted by Crippen LogP contribution is -2.49. The van der Waals surface area contributed by atoms with Crippen molar-refractivity contribution in [3.05, 3.63) is 35.4 Å². The normalized spacial score (nSPS) is 25.1. The summed E-state index contributed by atoms with van der Waals surface area (Å²) in [5, 5.41) is 3.41. The maximum Gasteiger partial charge on any atom is 0.244 e. The number of amides is 1. The molecule has 2 heterocycles. The molecule has 0 spiro atoms. The lowest BCUT2D eigenvalue weighted by molar-refractivity contribution is -0.136. The number of benzene rings is 1. The van der Waals surface area contributed by atoms with Gasteiger partial charge in [-0.25, -0.2) is 0 Å². The first kappa shape index (κ1) is 13.6. The maximum absolute atomic E-state index is 12.9. The fourth-order valence-electron chi connectivity index (χ4n) is 3.52. The number of likely N-dealkylation sites (tertiary alicyclic amines) is 1. The topological polar surface area (TPSA) is 32.3 Å². The van der Waals surface area contributed by atoms with Crippen LogP contribution >= 0.6 is 0 Å². The Balaban J connectivity index is 1.81. The third-order valence-corrected chi connectivity index (χ3v) is 4.57. The molecule has 1 aromatic rings. The first-order chi connectivity index (χ1) is 9.57. The molecular weight excluding hydrogens is 248 g/mol.